The van der Waals surface area contributed by atoms with Gasteiger partial charge in [0.25, 0.3) is 0 Å². The van der Waals surface area contributed by atoms with Gasteiger partial charge in [-0.05, 0) is 46.1 Å². The van der Waals surface area contributed by atoms with Crippen LogP contribution in [-0.4, -0.2) is 58.4 Å². The van der Waals surface area contributed by atoms with Crippen LogP contribution in [0.15, 0.2) is 23.8 Å². The molecule has 3 heterocycles. The highest BCUT2D eigenvalue weighted by atomic mass is 16.6. The first-order valence-electron chi connectivity index (χ1n) is 9.40. The number of ether oxygens (including phenoxy) is 3. The number of carbonyl (C=O) groups excluding carboxylic acids is 1. The Bertz CT molecular complexity index is 663. The van der Waals surface area contributed by atoms with E-state index in [0.29, 0.717) is 31.4 Å². The molecule has 144 valence electrons. The van der Waals surface area contributed by atoms with Crippen molar-refractivity contribution in [3.63, 3.8) is 0 Å². The summed E-state index contributed by atoms with van der Waals surface area (Å²) in [6, 6.07) is 0. The lowest BCUT2D eigenvalue weighted by Crippen LogP contribution is -2.37. The molecule has 6 heteroatoms. The molecule has 3 aliphatic heterocycles. The van der Waals surface area contributed by atoms with E-state index < -0.39 is 17.7 Å². The van der Waals surface area contributed by atoms with E-state index >= 15 is 0 Å². The molecule has 3 saturated heterocycles. The highest BCUT2D eigenvalue weighted by Crippen LogP contribution is 2.47. The zero-order valence-corrected chi connectivity index (χ0v) is 15.6. The zero-order chi connectivity index (χ0) is 18.9. The van der Waals surface area contributed by atoms with Gasteiger partial charge in [0.05, 0.1) is 23.9 Å². The number of aliphatic hydroxyl groups is 2. The summed E-state index contributed by atoms with van der Waals surface area (Å²) in [5.74, 6) is -0.529. The minimum absolute atomic E-state index is 0.00689. The van der Waals surface area contributed by atoms with Gasteiger partial charge in [-0.1, -0.05) is 12.2 Å². The molecule has 0 amide bonds. The van der Waals surface area contributed by atoms with Gasteiger partial charge in [-0.2, -0.15) is 0 Å². The SMILES string of the molecule is C=C1C[C@H]2O[C@H]2[C@@](C)(O)CC[C@@H]2/C(=C\C(O)[C@@H]3OC3(C)C)C(=O)OC[C@@H]12. The fraction of sp³-hybridized carbons (Fsp3) is 0.750. The first-order valence-corrected chi connectivity index (χ1v) is 9.40. The van der Waals surface area contributed by atoms with E-state index in [2.05, 4.69) is 6.58 Å². The molecular weight excluding hydrogens is 336 g/mol. The molecule has 4 fully saturated rings. The molecule has 4 aliphatic rings. The van der Waals surface area contributed by atoms with Crippen molar-refractivity contribution in [3.8, 4) is 0 Å². The number of esters is 1. The molecule has 6 nitrogen and oxygen atoms in total. The lowest BCUT2D eigenvalue weighted by molar-refractivity contribution is -0.145. The summed E-state index contributed by atoms with van der Waals surface area (Å²) in [6.45, 7) is 10.1. The average molecular weight is 364 g/mol. The molecule has 0 radical (unpaired) electrons. The number of fused-ring (bicyclic) bond motifs is 2. The maximum absolute atomic E-state index is 12.5. The maximum atomic E-state index is 12.5. The van der Waals surface area contributed by atoms with Gasteiger partial charge < -0.3 is 24.4 Å². The first-order chi connectivity index (χ1) is 12.1. The third kappa shape index (κ3) is 3.13. The van der Waals surface area contributed by atoms with Crippen molar-refractivity contribution >= 4 is 5.97 Å². The number of rotatable bonds is 2. The summed E-state index contributed by atoms with van der Waals surface area (Å²) in [5, 5.41) is 21.2. The predicted octanol–water partition coefficient (Wildman–Crippen LogP) is 1.50. The Labute approximate surface area is 153 Å². The van der Waals surface area contributed by atoms with Gasteiger partial charge in [0.1, 0.15) is 18.3 Å². The molecule has 0 spiro atoms. The van der Waals surface area contributed by atoms with Gasteiger partial charge in [0.2, 0.25) is 0 Å². The quantitative estimate of drug-likeness (QED) is 0.334. The van der Waals surface area contributed by atoms with E-state index in [4.69, 9.17) is 14.2 Å². The molecule has 7 atom stereocenters. The third-order valence-electron chi connectivity index (χ3n) is 6.38. The molecule has 26 heavy (non-hydrogen) atoms. The summed E-state index contributed by atoms with van der Waals surface area (Å²) >= 11 is 0. The van der Waals surface area contributed by atoms with Crippen molar-refractivity contribution in [1.29, 1.82) is 0 Å². The number of hydrogen-bond acceptors (Lipinski definition) is 6. The fourth-order valence-corrected chi connectivity index (χ4v) is 4.57. The zero-order valence-electron chi connectivity index (χ0n) is 15.6. The Hall–Kier alpha value is -1.21. The maximum Gasteiger partial charge on any atom is 0.334 e. The van der Waals surface area contributed by atoms with Crippen LogP contribution < -0.4 is 0 Å². The fourth-order valence-electron chi connectivity index (χ4n) is 4.57. The summed E-state index contributed by atoms with van der Waals surface area (Å²) in [5.41, 5.74) is 0.162. The Kier molecular flexibility index (Phi) is 4.12. The highest BCUT2D eigenvalue weighted by Gasteiger charge is 2.55. The Morgan fingerprint density at radius 1 is 1.31 bits per heavy atom. The normalized spacial score (nSPS) is 47.0. The van der Waals surface area contributed by atoms with Crippen LogP contribution in [0.25, 0.3) is 0 Å². The largest absolute Gasteiger partial charge is 0.462 e. The number of hydrogen-bond donors (Lipinski definition) is 2. The van der Waals surface area contributed by atoms with Gasteiger partial charge in [-0.25, -0.2) is 4.79 Å². The van der Waals surface area contributed by atoms with Crippen molar-refractivity contribution in [3.05, 3.63) is 23.8 Å². The summed E-state index contributed by atoms with van der Waals surface area (Å²) < 4.78 is 16.5. The van der Waals surface area contributed by atoms with Gasteiger partial charge >= 0.3 is 5.97 Å². The topological polar surface area (TPSA) is 91.8 Å². The van der Waals surface area contributed by atoms with E-state index in [9.17, 15) is 15.0 Å². The van der Waals surface area contributed by atoms with E-state index in [1.807, 2.05) is 13.8 Å². The van der Waals surface area contributed by atoms with E-state index in [-0.39, 0.29) is 35.7 Å². The molecule has 4 rings (SSSR count). The van der Waals surface area contributed by atoms with Crippen molar-refractivity contribution in [2.24, 2.45) is 11.8 Å². The van der Waals surface area contributed by atoms with Crippen LogP contribution in [0.2, 0.25) is 0 Å². The second-order valence-corrected chi connectivity index (χ2v) is 8.92. The molecule has 1 saturated carbocycles. The van der Waals surface area contributed by atoms with Crippen molar-refractivity contribution in [2.45, 2.75) is 75.7 Å². The third-order valence-corrected chi connectivity index (χ3v) is 6.38. The Morgan fingerprint density at radius 3 is 2.65 bits per heavy atom. The van der Waals surface area contributed by atoms with E-state index in [1.54, 1.807) is 13.0 Å². The average Bonchev–Trinajstić information content (AvgIpc) is 3.44. The van der Waals surface area contributed by atoms with Gasteiger partial charge in [-0.15, -0.1) is 0 Å². The van der Waals surface area contributed by atoms with Crippen LogP contribution in [0, 0.1) is 11.8 Å². The lowest BCUT2D eigenvalue weighted by atomic mass is 9.75. The minimum Gasteiger partial charge on any atom is -0.462 e. The second-order valence-electron chi connectivity index (χ2n) is 8.92. The number of carbonyl (C=O) groups is 1. The summed E-state index contributed by atoms with van der Waals surface area (Å²) in [6.07, 6.45) is 2.04. The molecule has 2 N–H and O–H groups in total. The highest BCUT2D eigenvalue weighted by molar-refractivity contribution is 5.90. The van der Waals surface area contributed by atoms with Crippen molar-refractivity contribution < 1.29 is 29.2 Å². The molecule has 0 aromatic carbocycles. The molecule has 1 aliphatic carbocycles. The summed E-state index contributed by atoms with van der Waals surface area (Å²) in [7, 11) is 0. The van der Waals surface area contributed by atoms with Crippen LogP contribution in [0.5, 0.6) is 0 Å². The molecule has 0 aromatic heterocycles. The Balaban J connectivity index is 1.61. The van der Waals surface area contributed by atoms with Crippen LogP contribution >= 0.6 is 0 Å². The van der Waals surface area contributed by atoms with Gasteiger partial charge in [0, 0.05) is 17.4 Å². The number of aliphatic hydroxyl groups excluding tert-OH is 1. The van der Waals surface area contributed by atoms with Gasteiger partial charge in [0.15, 0.2) is 0 Å². The lowest BCUT2D eigenvalue weighted by Gasteiger charge is -2.35. The van der Waals surface area contributed by atoms with Crippen LogP contribution in [0.1, 0.15) is 40.0 Å². The summed E-state index contributed by atoms with van der Waals surface area (Å²) in [4.78, 5) is 12.5. The van der Waals surface area contributed by atoms with Crippen molar-refractivity contribution in [1.82, 2.24) is 0 Å². The van der Waals surface area contributed by atoms with Crippen LogP contribution in [0.4, 0.5) is 0 Å². The molecule has 0 aromatic rings. The molecule has 1 unspecified atom stereocenters. The van der Waals surface area contributed by atoms with E-state index in [1.165, 1.54) is 0 Å². The number of epoxide rings is 2. The van der Waals surface area contributed by atoms with Crippen molar-refractivity contribution in [2.75, 3.05) is 6.61 Å². The standard InChI is InChI=1S/C20H28O6/c1-10-7-15-17(25-15)20(4,23)6-5-11-12(18(22)24-9-13(10)11)8-14(21)16-19(2,3)26-16/h8,11,13-17,21,23H,1,5-7,9H2,2-4H3/b12-8+/t11-,13+,14?,15-,16+,17-,20+/m1/s1. The number of cyclic esters (lactones) is 1. The van der Waals surface area contributed by atoms with Crippen LogP contribution in [-0.2, 0) is 19.0 Å². The second kappa shape index (κ2) is 5.89. The smallest absolute Gasteiger partial charge is 0.334 e. The molecular formula is C20H28O6. The predicted molar refractivity (Wildman–Crippen MR) is 93.3 cm³/mol. The monoisotopic (exact) mass is 364 g/mol. The van der Waals surface area contributed by atoms with Gasteiger partial charge in [-0.3, -0.25) is 0 Å². The van der Waals surface area contributed by atoms with E-state index in [0.717, 1.165) is 5.57 Å². The Morgan fingerprint density at radius 2 is 2.00 bits per heavy atom. The molecule has 0 bridgehead atoms. The minimum atomic E-state index is -0.924. The first kappa shape index (κ1) is 18.2. The van der Waals surface area contributed by atoms with Crippen LogP contribution in [0.3, 0.4) is 0 Å².